The third-order valence-electron chi connectivity index (χ3n) is 6.56. The molecule has 3 aromatic heterocycles. The van der Waals surface area contributed by atoms with E-state index in [0.717, 1.165) is 41.5 Å². The number of oxime groups is 1. The number of aliphatic carboxylic acids is 1. The molecule has 0 saturated carbocycles. The van der Waals surface area contributed by atoms with Gasteiger partial charge in [0.2, 0.25) is 17.9 Å². The molecular formula is C24H27FN10O5S2. The van der Waals surface area contributed by atoms with Crippen LogP contribution in [0.5, 0.6) is 0 Å². The minimum atomic E-state index is -1.50. The van der Waals surface area contributed by atoms with Crippen LogP contribution in [0, 0.1) is 0 Å². The number of carbonyl (C=O) groups excluding carboxylic acids is 3. The Bertz CT molecular complexity index is 1570. The number of alkyl halides is 1. The van der Waals surface area contributed by atoms with Crippen molar-refractivity contribution in [3.8, 4) is 0 Å². The van der Waals surface area contributed by atoms with Crippen LogP contribution in [-0.4, -0.2) is 91.3 Å². The molecule has 2 amide bonds. The second-order valence-electron chi connectivity index (χ2n) is 9.26. The van der Waals surface area contributed by atoms with E-state index in [9.17, 15) is 23.9 Å². The van der Waals surface area contributed by atoms with Crippen LogP contribution in [0.25, 0.3) is 11.2 Å². The molecule has 18 heteroatoms. The van der Waals surface area contributed by atoms with E-state index in [-0.39, 0.29) is 29.0 Å². The number of aromatic nitrogens is 5. The highest BCUT2D eigenvalue weighted by Gasteiger charge is 2.53. The Morgan fingerprint density at radius 1 is 1.40 bits per heavy atom. The number of nitrogens with zero attached hydrogens (tertiary/aromatic N) is 7. The maximum Gasteiger partial charge on any atom is 0.349 e. The van der Waals surface area contributed by atoms with Crippen molar-refractivity contribution in [2.75, 3.05) is 38.4 Å². The first-order valence-corrected chi connectivity index (χ1v) is 14.7. The molecule has 4 N–H and O–H groups in total. The Balaban J connectivity index is 1.35. The Morgan fingerprint density at radius 3 is 2.95 bits per heavy atom. The van der Waals surface area contributed by atoms with Gasteiger partial charge in [0.25, 0.3) is 11.8 Å². The van der Waals surface area contributed by atoms with Gasteiger partial charge in [-0.2, -0.15) is 9.36 Å². The molecule has 15 nitrogen and oxygen atoms in total. The lowest BCUT2D eigenvalue weighted by Gasteiger charge is -2.50. The van der Waals surface area contributed by atoms with Crippen molar-refractivity contribution in [2.45, 2.75) is 30.9 Å². The van der Waals surface area contributed by atoms with E-state index in [0.29, 0.717) is 11.2 Å². The number of amides is 2. The minimum Gasteiger partial charge on any atom is -0.543 e. The third kappa shape index (κ3) is 5.77. The summed E-state index contributed by atoms with van der Waals surface area (Å²) in [6.45, 7) is 0.549. The van der Waals surface area contributed by atoms with Gasteiger partial charge in [-0.05, 0) is 37.1 Å². The lowest BCUT2D eigenvalue weighted by Crippen LogP contribution is -2.71. The third-order valence-corrected chi connectivity index (χ3v) is 8.44. The molecule has 222 valence electrons. The van der Waals surface area contributed by atoms with E-state index >= 15 is 0 Å². The fourth-order valence-corrected chi connectivity index (χ4v) is 6.45. The number of hydrogen-bond donors (Lipinski definition) is 3. The van der Waals surface area contributed by atoms with Crippen molar-refractivity contribution in [1.29, 1.82) is 0 Å². The molecule has 0 spiro atoms. The topological polar surface area (TPSA) is 197 Å². The van der Waals surface area contributed by atoms with Crippen molar-refractivity contribution in [3.05, 3.63) is 41.8 Å². The number of carboxylic acids is 1. The Labute approximate surface area is 246 Å². The van der Waals surface area contributed by atoms with Gasteiger partial charge in [0.1, 0.15) is 36.8 Å². The second kappa shape index (κ2) is 12.8. The Hall–Kier alpha value is -4.16. The molecule has 2 aliphatic rings. The van der Waals surface area contributed by atoms with Crippen LogP contribution < -0.4 is 26.0 Å². The Kier molecular flexibility index (Phi) is 8.93. The number of imidazole rings is 1. The number of halogens is 1. The normalized spacial score (nSPS) is 18.7. The summed E-state index contributed by atoms with van der Waals surface area (Å²) in [6, 6.07) is 2.74. The fourth-order valence-electron chi connectivity index (χ4n) is 4.68. The molecule has 42 heavy (non-hydrogen) atoms. The van der Waals surface area contributed by atoms with Crippen LogP contribution in [0.3, 0.4) is 0 Å². The second-order valence-corrected chi connectivity index (χ2v) is 11.1. The molecule has 1 saturated heterocycles. The van der Waals surface area contributed by atoms with Crippen LogP contribution in [-0.2, 0) is 32.3 Å². The van der Waals surface area contributed by atoms with Gasteiger partial charge in [-0.1, -0.05) is 5.16 Å². The number of thioether (sulfide) groups is 1. The van der Waals surface area contributed by atoms with Crippen LogP contribution in [0.15, 0.2) is 41.1 Å². The summed E-state index contributed by atoms with van der Waals surface area (Å²) in [7, 11) is 1.89. The summed E-state index contributed by atoms with van der Waals surface area (Å²) >= 11 is 2.11. The van der Waals surface area contributed by atoms with Gasteiger partial charge in [-0.25, -0.2) is 8.96 Å². The van der Waals surface area contributed by atoms with Gasteiger partial charge in [0.05, 0.1) is 17.9 Å². The first-order chi connectivity index (χ1) is 20.3. The number of carbonyl (C=O) groups is 3. The first-order valence-electron chi connectivity index (χ1n) is 12.9. The van der Waals surface area contributed by atoms with E-state index in [1.165, 1.54) is 11.8 Å². The molecule has 2 atom stereocenters. The first kappa shape index (κ1) is 29.3. The molecule has 0 aromatic carbocycles. The standard InChI is InChI=1S/C24H27FN10O5S2/c1-27-6-3-8-34-12-28-19-14(34)4-2-7-33(19)10-13-11-41-22-16(21(37)35(22)17(13)23(38)39)29-20(36)15(31-40-9-5-25)18-30-24(26)42-32-18/h2,4,7,12,16,22,27H,3,5-6,8-11H2,1H3,(H3-,26,29,30,32,36,38,39). The van der Waals surface area contributed by atoms with E-state index < -0.39 is 48.2 Å². The SMILES string of the molecule is CNCCCn1cnc2c1ccc[n+]2CC1=C(C(=O)[O-])N2C(=O)C(NC(=O)C(=NOCCF)c3nsc(N)n3)C2SC1. The number of fused-ring (bicyclic) bond motifs is 2. The molecule has 2 unspecified atom stereocenters. The minimum absolute atomic E-state index is 0.0649. The zero-order valence-electron chi connectivity index (χ0n) is 22.4. The molecule has 0 radical (unpaired) electrons. The predicted octanol–water partition coefficient (Wildman–Crippen LogP) is -1.84. The van der Waals surface area contributed by atoms with Gasteiger partial charge >= 0.3 is 5.65 Å². The smallest absolute Gasteiger partial charge is 0.349 e. The summed E-state index contributed by atoms with van der Waals surface area (Å²) in [4.78, 5) is 52.9. The van der Waals surface area contributed by atoms with Gasteiger partial charge < -0.3 is 35.7 Å². The van der Waals surface area contributed by atoms with Crippen molar-refractivity contribution in [1.82, 2.24) is 34.4 Å². The fraction of sp³-hybridized carbons (Fsp3) is 0.417. The summed E-state index contributed by atoms with van der Waals surface area (Å²) in [5.41, 5.74) is 7.03. The molecule has 5 rings (SSSR count). The number of nitrogens with two attached hydrogens (primary N) is 1. The lowest BCUT2D eigenvalue weighted by atomic mass is 10.0. The molecule has 1 fully saturated rings. The highest BCUT2D eigenvalue weighted by atomic mass is 32.2. The zero-order chi connectivity index (χ0) is 29.8. The van der Waals surface area contributed by atoms with Crippen LogP contribution in [0.4, 0.5) is 9.52 Å². The molecule has 5 heterocycles. The van der Waals surface area contributed by atoms with Gasteiger partial charge in [-0.3, -0.25) is 14.5 Å². The monoisotopic (exact) mass is 618 g/mol. The molecular weight excluding hydrogens is 591 g/mol. The quantitative estimate of drug-likeness (QED) is 0.0640. The van der Waals surface area contributed by atoms with Crippen molar-refractivity contribution in [3.63, 3.8) is 0 Å². The molecule has 2 aliphatic heterocycles. The van der Waals surface area contributed by atoms with E-state index in [1.807, 2.05) is 28.3 Å². The van der Waals surface area contributed by atoms with E-state index in [1.54, 1.807) is 12.5 Å². The van der Waals surface area contributed by atoms with Gasteiger partial charge in [0, 0.05) is 29.4 Å². The van der Waals surface area contributed by atoms with Gasteiger partial charge in [0.15, 0.2) is 5.13 Å². The van der Waals surface area contributed by atoms with Crippen LogP contribution >= 0.6 is 23.3 Å². The molecule has 0 aliphatic carbocycles. The molecule has 0 bridgehead atoms. The van der Waals surface area contributed by atoms with Crippen LogP contribution in [0.2, 0.25) is 0 Å². The van der Waals surface area contributed by atoms with E-state index in [2.05, 4.69) is 30.1 Å². The summed E-state index contributed by atoms with van der Waals surface area (Å²) in [5, 5.41) is 20.9. The average molecular weight is 619 g/mol. The maximum absolute atomic E-state index is 13.2. The van der Waals surface area contributed by atoms with Crippen LogP contribution in [0.1, 0.15) is 12.2 Å². The highest BCUT2D eigenvalue weighted by molar-refractivity contribution is 8.00. The summed E-state index contributed by atoms with van der Waals surface area (Å²) in [6.07, 6.45) is 4.46. The van der Waals surface area contributed by atoms with Crippen molar-refractivity contribution < 1.29 is 33.3 Å². The molecule has 3 aromatic rings. The number of carboxylic acid groups (broad SMARTS) is 1. The number of anilines is 1. The van der Waals surface area contributed by atoms with Crippen molar-refractivity contribution >= 4 is 63.1 Å². The maximum atomic E-state index is 13.2. The number of aryl methyl sites for hydroxylation is 1. The number of nitrogens with one attached hydrogen (secondary N) is 2. The predicted molar refractivity (Wildman–Crippen MR) is 148 cm³/mol. The summed E-state index contributed by atoms with van der Waals surface area (Å²) < 4.78 is 20.3. The highest BCUT2D eigenvalue weighted by Crippen LogP contribution is 2.40. The zero-order valence-corrected chi connectivity index (χ0v) is 24.0. The number of rotatable bonds is 13. The number of nitrogen functional groups attached to an aromatic ring is 1. The van der Waals surface area contributed by atoms with Crippen molar-refractivity contribution in [2.24, 2.45) is 5.16 Å². The van der Waals surface area contributed by atoms with Gasteiger partial charge in [-0.15, -0.1) is 11.8 Å². The van der Waals surface area contributed by atoms with E-state index in [4.69, 9.17) is 10.6 Å². The lowest BCUT2D eigenvalue weighted by molar-refractivity contribution is -0.664. The summed E-state index contributed by atoms with van der Waals surface area (Å²) in [5.74, 6) is -2.88. The number of pyridine rings is 1. The average Bonchev–Trinajstić information content (AvgIpc) is 3.60. The largest absolute Gasteiger partial charge is 0.543 e. The Morgan fingerprint density at radius 2 is 2.24 bits per heavy atom. The number of β-lactam (4-membered cyclic amide) rings is 1. The number of hydrogen-bond acceptors (Lipinski definition) is 13.